The summed E-state index contributed by atoms with van der Waals surface area (Å²) in [5.41, 5.74) is 1.51. The minimum atomic E-state index is -0.398. The van der Waals surface area contributed by atoms with Crippen LogP contribution in [0.5, 0.6) is 11.5 Å². The Morgan fingerprint density at radius 3 is 2.35 bits per heavy atom. The molecule has 0 unspecified atom stereocenters. The van der Waals surface area contributed by atoms with E-state index in [4.69, 9.17) is 9.47 Å². The number of anilines is 1. The van der Waals surface area contributed by atoms with Crippen LogP contribution in [-0.4, -0.2) is 25.5 Å². The zero-order valence-corrected chi connectivity index (χ0v) is 15.3. The molecule has 1 aliphatic rings. The van der Waals surface area contributed by atoms with Crippen molar-refractivity contribution < 1.29 is 19.1 Å². The van der Waals surface area contributed by atoms with Gasteiger partial charge in [0.25, 0.3) is 0 Å². The monoisotopic (exact) mass is 353 g/mol. The van der Waals surface area contributed by atoms with Crippen molar-refractivity contribution in [1.82, 2.24) is 0 Å². The highest BCUT2D eigenvalue weighted by Crippen LogP contribution is 2.35. The van der Waals surface area contributed by atoms with Gasteiger partial charge in [-0.3, -0.25) is 14.5 Å². The van der Waals surface area contributed by atoms with E-state index in [1.165, 1.54) is 4.90 Å². The Labute approximate surface area is 153 Å². The summed E-state index contributed by atoms with van der Waals surface area (Å²) >= 11 is 0. The van der Waals surface area contributed by atoms with Crippen LogP contribution < -0.4 is 14.4 Å². The lowest BCUT2D eigenvalue weighted by Crippen LogP contribution is -2.31. The molecule has 1 saturated heterocycles. The van der Waals surface area contributed by atoms with E-state index in [-0.39, 0.29) is 17.7 Å². The number of para-hydroxylation sites is 1. The standard InChI is InChI=1S/C21H23NO4/c1-4-26-17-11-9-16(10-12-17)22-20(23)14(2)18(21(22)24)13-15-7-5-6-8-19(15)25-3/h5-12,14,18H,4,13H2,1-3H3/t14-,18+/m0/s1. The van der Waals surface area contributed by atoms with Gasteiger partial charge in [-0.2, -0.15) is 0 Å². The quantitative estimate of drug-likeness (QED) is 0.746. The molecule has 2 aromatic carbocycles. The first-order valence-electron chi connectivity index (χ1n) is 8.79. The maximum Gasteiger partial charge on any atom is 0.238 e. The molecule has 2 atom stereocenters. The van der Waals surface area contributed by atoms with Crippen LogP contribution in [0, 0.1) is 11.8 Å². The Morgan fingerprint density at radius 2 is 1.69 bits per heavy atom. The maximum absolute atomic E-state index is 13.0. The predicted octanol–water partition coefficient (Wildman–Crippen LogP) is 3.46. The predicted molar refractivity (Wildman–Crippen MR) is 99.5 cm³/mol. The number of nitrogens with zero attached hydrogens (tertiary/aromatic N) is 1. The van der Waals surface area contributed by atoms with E-state index >= 15 is 0 Å². The number of rotatable bonds is 6. The summed E-state index contributed by atoms with van der Waals surface area (Å²) in [6, 6.07) is 14.6. The van der Waals surface area contributed by atoms with Crippen LogP contribution in [-0.2, 0) is 16.0 Å². The fourth-order valence-electron chi connectivity index (χ4n) is 3.35. The van der Waals surface area contributed by atoms with E-state index in [9.17, 15) is 9.59 Å². The Balaban J connectivity index is 1.84. The summed E-state index contributed by atoms with van der Waals surface area (Å²) in [7, 11) is 1.61. The van der Waals surface area contributed by atoms with E-state index < -0.39 is 5.92 Å². The Kier molecular flexibility index (Phi) is 5.26. The number of amides is 2. The van der Waals surface area contributed by atoms with Gasteiger partial charge in [0.2, 0.25) is 11.8 Å². The molecule has 0 bridgehead atoms. The number of carbonyl (C=O) groups excluding carboxylic acids is 2. The van der Waals surface area contributed by atoms with Gasteiger partial charge in [-0.25, -0.2) is 0 Å². The molecule has 5 heteroatoms. The van der Waals surface area contributed by atoms with E-state index in [1.807, 2.05) is 38.1 Å². The highest BCUT2D eigenvalue weighted by Gasteiger charge is 2.45. The summed E-state index contributed by atoms with van der Waals surface area (Å²) in [4.78, 5) is 27.0. The van der Waals surface area contributed by atoms with Crippen LogP contribution in [0.3, 0.4) is 0 Å². The number of methoxy groups -OCH3 is 1. The zero-order valence-electron chi connectivity index (χ0n) is 15.3. The molecule has 2 aromatic rings. The van der Waals surface area contributed by atoms with Gasteiger partial charge in [-0.15, -0.1) is 0 Å². The van der Waals surface area contributed by atoms with Crippen LogP contribution >= 0.6 is 0 Å². The molecule has 1 fully saturated rings. The Bertz CT molecular complexity index is 800. The van der Waals surface area contributed by atoms with Gasteiger partial charge in [0.15, 0.2) is 0 Å². The molecule has 3 rings (SSSR count). The first-order chi connectivity index (χ1) is 12.6. The first kappa shape index (κ1) is 18.0. The minimum absolute atomic E-state index is 0.168. The summed E-state index contributed by atoms with van der Waals surface area (Å²) in [6.07, 6.45) is 0.475. The Hall–Kier alpha value is -2.82. The average molecular weight is 353 g/mol. The van der Waals surface area contributed by atoms with Crippen LogP contribution in [0.15, 0.2) is 48.5 Å². The van der Waals surface area contributed by atoms with Gasteiger partial charge in [0, 0.05) is 5.92 Å². The molecule has 0 radical (unpaired) electrons. The molecule has 0 spiro atoms. The summed E-state index contributed by atoms with van der Waals surface area (Å²) in [5, 5.41) is 0. The molecule has 1 aliphatic heterocycles. The third-order valence-electron chi connectivity index (χ3n) is 4.79. The average Bonchev–Trinajstić information content (AvgIpc) is 2.87. The molecule has 26 heavy (non-hydrogen) atoms. The van der Waals surface area contributed by atoms with Crippen molar-refractivity contribution in [1.29, 1.82) is 0 Å². The first-order valence-corrected chi connectivity index (χ1v) is 8.79. The molecule has 0 aromatic heterocycles. The van der Waals surface area contributed by atoms with Crippen LogP contribution in [0.2, 0.25) is 0 Å². The molecule has 136 valence electrons. The molecule has 0 saturated carbocycles. The number of hydrogen-bond donors (Lipinski definition) is 0. The maximum atomic E-state index is 13.0. The third-order valence-corrected chi connectivity index (χ3v) is 4.79. The fourth-order valence-corrected chi connectivity index (χ4v) is 3.35. The van der Waals surface area contributed by atoms with Crippen molar-refractivity contribution in [2.24, 2.45) is 11.8 Å². The highest BCUT2D eigenvalue weighted by atomic mass is 16.5. The second-order valence-electron chi connectivity index (χ2n) is 6.35. The molecular weight excluding hydrogens is 330 g/mol. The number of hydrogen-bond acceptors (Lipinski definition) is 4. The molecule has 1 heterocycles. The summed E-state index contributed by atoms with van der Waals surface area (Å²) in [5.74, 6) is 0.342. The Morgan fingerprint density at radius 1 is 1.00 bits per heavy atom. The number of carbonyl (C=O) groups is 2. The largest absolute Gasteiger partial charge is 0.496 e. The van der Waals surface area contributed by atoms with Crippen LogP contribution in [0.25, 0.3) is 0 Å². The van der Waals surface area contributed by atoms with Gasteiger partial charge in [0.05, 0.1) is 25.3 Å². The van der Waals surface area contributed by atoms with Crippen molar-refractivity contribution in [2.75, 3.05) is 18.6 Å². The van der Waals surface area contributed by atoms with Gasteiger partial charge in [-0.05, 0) is 49.2 Å². The normalized spacial score (nSPS) is 19.7. The number of ether oxygens (including phenoxy) is 2. The summed E-state index contributed by atoms with van der Waals surface area (Å²) < 4.78 is 10.8. The van der Waals surface area contributed by atoms with Gasteiger partial charge in [-0.1, -0.05) is 25.1 Å². The molecule has 2 amide bonds. The second kappa shape index (κ2) is 7.60. The minimum Gasteiger partial charge on any atom is -0.496 e. The second-order valence-corrected chi connectivity index (χ2v) is 6.35. The van der Waals surface area contributed by atoms with Crippen molar-refractivity contribution in [3.05, 3.63) is 54.1 Å². The highest BCUT2D eigenvalue weighted by molar-refractivity contribution is 6.22. The van der Waals surface area contributed by atoms with Crippen molar-refractivity contribution in [3.63, 3.8) is 0 Å². The summed E-state index contributed by atoms with van der Waals surface area (Å²) in [6.45, 7) is 4.29. The van der Waals surface area contributed by atoms with Gasteiger partial charge < -0.3 is 9.47 Å². The van der Waals surface area contributed by atoms with Crippen LogP contribution in [0.4, 0.5) is 5.69 Å². The topological polar surface area (TPSA) is 55.8 Å². The molecule has 0 aliphatic carbocycles. The van der Waals surface area contributed by atoms with Gasteiger partial charge >= 0.3 is 0 Å². The van der Waals surface area contributed by atoms with Crippen molar-refractivity contribution in [2.45, 2.75) is 20.3 Å². The molecular formula is C21H23NO4. The smallest absolute Gasteiger partial charge is 0.238 e. The molecule has 5 nitrogen and oxygen atoms in total. The fraction of sp³-hybridized carbons (Fsp3) is 0.333. The van der Waals surface area contributed by atoms with E-state index in [0.717, 1.165) is 11.3 Å². The lowest BCUT2D eigenvalue weighted by molar-refractivity contribution is -0.122. The van der Waals surface area contributed by atoms with Gasteiger partial charge in [0.1, 0.15) is 11.5 Å². The third kappa shape index (κ3) is 3.29. The molecule has 0 N–H and O–H groups in total. The zero-order chi connectivity index (χ0) is 18.7. The van der Waals surface area contributed by atoms with Crippen molar-refractivity contribution >= 4 is 17.5 Å². The number of benzene rings is 2. The van der Waals surface area contributed by atoms with E-state index in [1.54, 1.807) is 31.4 Å². The van der Waals surface area contributed by atoms with E-state index in [2.05, 4.69) is 0 Å². The van der Waals surface area contributed by atoms with E-state index in [0.29, 0.717) is 24.5 Å². The number of imide groups is 1. The van der Waals surface area contributed by atoms with Crippen molar-refractivity contribution in [3.8, 4) is 11.5 Å². The SMILES string of the molecule is CCOc1ccc(N2C(=O)[C@@H](C)[C@@H](Cc3ccccc3OC)C2=O)cc1. The lowest BCUT2D eigenvalue weighted by atomic mass is 9.90. The lowest BCUT2D eigenvalue weighted by Gasteiger charge is -2.16. The van der Waals surface area contributed by atoms with Crippen LogP contribution in [0.1, 0.15) is 19.4 Å².